The van der Waals surface area contributed by atoms with E-state index in [4.69, 9.17) is 10.5 Å². The molecule has 3 heteroatoms. The normalized spacial score (nSPS) is 24.1. The first-order valence-corrected chi connectivity index (χ1v) is 7.29. The van der Waals surface area contributed by atoms with Gasteiger partial charge < -0.3 is 10.5 Å². The predicted molar refractivity (Wildman–Crippen MR) is 79.2 cm³/mol. The fourth-order valence-corrected chi connectivity index (χ4v) is 3.04. The Morgan fingerprint density at radius 3 is 2.89 bits per heavy atom. The lowest BCUT2D eigenvalue weighted by Crippen LogP contribution is -2.51. The Hall–Kier alpha value is -0.900. The number of hydrogen-bond acceptors (Lipinski definition) is 3. The zero-order chi connectivity index (χ0) is 13.8. The maximum absolute atomic E-state index is 6.28. The van der Waals surface area contributed by atoms with Crippen LogP contribution in [-0.2, 0) is 4.74 Å². The molecular formula is C16H26N2O. The van der Waals surface area contributed by atoms with E-state index in [1.807, 2.05) is 0 Å². The monoisotopic (exact) mass is 262 g/mol. The summed E-state index contributed by atoms with van der Waals surface area (Å²) in [5.74, 6) is 0. The minimum Gasteiger partial charge on any atom is -0.378 e. The van der Waals surface area contributed by atoms with Gasteiger partial charge >= 0.3 is 0 Å². The lowest BCUT2D eigenvalue weighted by molar-refractivity contribution is -0.0348. The summed E-state index contributed by atoms with van der Waals surface area (Å²) in [7, 11) is 0. The topological polar surface area (TPSA) is 38.5 Å². The van der Waals surface area contributed by atoms with Crippen LogP contribution in [0.4, 0.5) is 0 Å². The lowest BCUT2D eigenvalue weighted by Gasteiger charge is -2.42. The Balaban J connectivity index is 2.28. The molecule has 2 rings (SSSR count). The molecule has 3 atom stereocenters. The quantitative estimate of drug-likeness (QED) is 0.906. The van der Waals surface area contributed by atoms with Gasteiger partial charge in [-0.3, -0.25) is 4.90 Å². The van der Waals surface area contributed by atoms with Crippen molar-refractivity contribution in [3.63, 3.8) is 0 Å². The van der Waals surface area contributed by atoms with Gasteiger partial charge in [-0.2, -0.15) is 0 Å². The predicted octanol–water partition coefficient (Wildman–Crippen LogP) is 2.49. The van der Waals surface area contributed by atoms with Crippen LogP contribution in [0, 0.1) is 6.92 Å². The van der Waals surface area contributed by atoms with Gasteiger partial charge in [-0.1, -0.05) is 36.8 Å². The minimum atomic E-state index is 0.119. The van der Waals surface area contributed by atoms with Crippen molar-refractivity contribution in [1.29, 1.82) is 0 Å². The van der Waals surface area contributed by atoms with E-state index in [1.54, 1.807) is 0 Å². The molecule has 2 N–H and O–H groups in total. The van der Waals surface area contributed by atoms with Gasteiger partial charge in [0.15, 0.2) is 0 Å². The molecule has 19 heavy (non-hydrogen) atoms. The molecule has 0 spiro atoms. The number of ether oxygens (including phenoxy) is 1. The second-order valence-electron chi connectivity index (χ2n) is 5.59. The van der Waals surface area contributed by atoms with Crippen LogP contribution in [0.25, 0.3) is 0 Å². The van der Waals surface area contributed by atoms with E-state index in [0.29, 0.717) is 6.04 Å². The Bertz CT molecular complexity index is 405. The first-order chi connectivity index (χ1) is 9.13. The second-order valence-corrected chi connectivity index (χ2v) is 5.59. The van der Waals surface area contributed by atoms with Gasteiger partial charge in [-0.05, 0) is 25.8 Å². The smallest absolute Gasteiger partial charge is 0.0622 e. The largest absolute Gasteiger partial charge is 0.378 e. The molecule has 3 nitrogen and oxygen atoms in total. The Morgan fingerprint density at radius 2 is 2.26 bits per heavy atom. The van der Waals surface area contributed by atoms with Gasteiger partial charge in [0, 0.05) is 18.6 Å². The highest BCUT2D eigenvalue weighted by atomic mass is 16.5. The van der Waals surface area contributed by atoms with Gasteiger partial charge in [-0.15, -0.1) is 0 Å². The molecule has 0 aromatic heterocycles. The molecule has 3 unspecified atom stereocenters. The summed E-state index contributed by atoms with van der Waals surface area (Å²) in [6.07, 6.45) is 1.11. The summed E-state index contributed by atoms with van der Waals surface area (Å²) < 4.78 is 5.61. The van der Waals surface area contributed by atoms with Gasteiger partial charge in [0.05, 0.1) is 19.3 Å². The molecule has 1 fully saturated rings. The molecule has 1 aliphatic heterocycles. The SMILES string of the molecule is CCC1COCCN1C(c1cccc(C)c1)C(C)N. The fourth-order valence-electron chi connectivity index (χ4n) is 3.04. The van der Waals surface area contributed by atoms with Crippen molar-refractivity contribution in [2.75, 3.05) is 19.8 Å². The summed E-state index contributed by atoms with van der Waals surface area (Å²) in [4.78, 5) is 2.53. The molecule has 1 heterocycles. The van der Waals surface area contributed by atoms with Crippen molar-refractivity contribution in [2.45, 2.75) is 45.3 Å². The van der Waals surface area contributed by atoms with Gasteiger partial charge in [-0.25, -0.2) is 0 Å². The number of benzene rings is 1. The molecule has 1 aromatic carbocycles. The molecule has 0 bridgehead atoms. The van der Waals surface area contributed by atoms with Crippen molar-refractivity contribution in [2.24, 2.45) is 5.73 Å². The van der Waals surface area contributed by atoms with E-state index in [1.165, 1.54) is 11.1 Å². The van der Waals surface area contributed by atoms with E-state index in [0.717, 1.165) is 26.2 Å². The highest BCUT2D eigenvalue weighted by Crippen LogP contribution is 2.28. The molecule has 1 saturated heterocycles. The van der Waals surface area contributed by atoms with Crippen LogP contribution in [0.3, 0.4) is 0 Å². The van der Waals surface area contributed by atoms with Crippen molar-refractivity contribution in [1.82, 2.24) is 4.90 Å². The standard InChI is InChI=1S/C16H26N2O/c1-4-15-11-19-9-8-18(15)16(13(3)17)14-7-5-6-12(2)10-14/h5-7,10,13,15-16H,4,8-9,11,17H2,1-3H3. The zero-order valence-corrected chi connectivity index (χ0v) is 12.3. The zero-order valence-electron chi connectivity index (χ0n) is 12.3. The van der Waals surface area contributed by atoms with Crippen LogP contribution in [0.1, 0.15) is 37.4 Å². The van der Waals surface area contributed by atoms with Crippen LogP contribution in [-0.4, -0.2) is 36.7 Å². The van der Waals surface area contributed by atoms with E-state index in [9.17, 15) is 0 Å². The van der Waals surface area contributed by atoms with Crippen molar-refractivity contribution >= 4 is 0 Å². The Kier molecular flexibility index (Phi) is 4.97. The molecular weight excluding hydrogens is 236 g/mol. The maximum Gasteiger partial charge on any atom is 0.0622 e. The molecule has 0 amide bonds. The first-order valence-electron chi connectivity index (χ1n) is 7.29. The van der Waals surface area contributed by atoms with Gasteiger partial charge in [0.2, 0.25) is 0 Å². The lowest BCUT2D eigenvalue weighted by atomic mass is 9.95. The van der Waals surface area contributed by atoms with Gasteiger partial charge in [0.1, 0.15) is 0 Å². The molecule has 0 aliphatic carbocycles. The van der Waals surface area contributed by atoms with Crippen LogP contribution < -0.4 is 5.73 Å². The van der Waals surface area contributed by atoms with Crippen LogP contribution in [0.2, 0.25) is 0 Å². The summed E-state index contributed by atoms with van der Waals surface area (Å²) in [5.41, 5.74) is 8.91. The van der Waals surface area contributed by atoms with Crippen molar-refractivity contribution < 1.29 is 4.74 Å². The minimum absolute atomic E-state index is 0.119. The van der Waals surface area contributed by atoms with E-state index < -0.39 is 0 Å². The number of nitrogens with zero attached hydrogens (tertiary/aromatic N) is 1. The summed E-state index contributed by atoms with van der Waals surface area (Å²) in [5, 5.41) is 0. The third-order valence-corrected chi connectivity index (χ3v) is 3.98. The summed E-state index contributed by atoms with van der Waals surface area (Å²) >= 11 is 0. The van der Waals surface area contributed by atoms with E-state index in [-0.39, 0.29) is 12.1 Å². The van der Waals surface area contributed by atoms with Crippen LogP contribution in [0.5, 0.6) is 0 Å². The third kappa shape index (κ3) is 3.35. The number of morpholine rings is 1. The number of nitrogens with two attached hydrogens (primary N) is 1. The number of rotatable bonds is 4. The van der Waals surface area contributed by atoms with Crippen molar-refractivity contribution in [3.8, 4) is 0 Å². The van der Waals surface area contributed by atoms with Crippen LogP contribution in [0.15, 0.2) is 24.3 Å². The van der Waals surface area contributed by atoms with Crippen LogP contribution >= 0.6 is 0 Å². The molecule has 1 aromatic rings. The fraction of sp³-hybridized carbons (Fsp3) is 0.625. The van der Waals surface area contributed by atoms with E-state index >= 15 is 0 Å². The maximum atomic E-state index is 6.28. The Morgan fingerprint density at radius 1 is 1.47 bits per heavy atom. The number of aryl methyl sites for hydroxylation is 1. The summed E-state index contributed by atoms with van der Waals surface area (Å²) in [6, 6.07) is 9.60. The molecule has 0 radical (unpaired) electrons. The van der Waals surface area contributed by atoms with Gasteiger partial charge in [0.25, 0.3) is 0 Å². The van der Waals surface area contributed by atoms with E-state index in [2.05, 4.69) is 49.9 Å². The highest BCUT2D eigenvalue weighted by Gasteiger charge is 2.31. The Labute approximate surface area is 116 Å². The second kappa shape index (κ2) is 6.51. The molecule has 106 valence electrons. The number of hydrogen-bond donors (Lipinski definition) is 1. The molecule has 1 aliphatic rings. The average Bonchev–Trinajstić information content (AvgIpc) is 2.39. The average molecular weight is 262 g/mol. The highest BCUT2D eigenvalue weighted by molar-refractivity contribution is 5.26. The first kappa shape index (κ1) is 14.5. The summed E-state index contributed by atoms with van der Waals surface area (Å²) in [6.45, 7) is 9.07. The van der Waals surface area contributed by atoms with Crippen molar-refractivity contribution in [3.05, 3.63) is 35.4 Å². The molecule has 0 saturated carbocycles. The third-order valence-electron chi connectivity index (χ3n) is 3.98.